The molecule has 0 heterocycles. The Morgan fingerprint density at radius 3 is 2.37 bits per heavy atom. The maximum atomic E-state index is 11.9. The number of amides is 1. The predicted octanol–water partition coefficient (Wildman–Crippen LogP) is 3.49. The number of benzene rings is 1. The van der Waals surface area contributed by atoms with Crippen LogP contribution >= 0.6 is 15.9 Å². The smallest absolute Gasteiger partial charge is 0.251 e. The van der Waals surface area contributed by atoms with Gasteiger partial charge in [0.2, 0.25) is 0 Å². The van der Waals surface area contributed by atoms with Gasteiger partial charge in [0.1, 0.15) is 0 Å². The molecule has 1 unspecified atom stereocenters. The van der Waals surface area contributed by atoms with E-state index in [-0.39, 0.29) is 5.91 Å². The Balaban J connectivity index is 2.53. The van der Waals surface area contributed by atoms with E-state index in [2.05, 4.69) is 35.1 Å². The van der Waals surface area contributed by atoms with Gasteiger partial charge >= 0.3 is 0 Å². The molecule has 3 nitrogen and oxygen atoms in total. The third kappa shape index (κ3) is 4.68. The molecule has 0 aliphatic rings. The van der Waals surface area contributed by atoms with E-state index in [1.807, 2.05) is 6.07 Å². The number of nitriles is 1. The molecule has 1 amide bonds. The van der Waals surface area contributed by atoms with E-state index in [1.165, 1.54) is 0 Å². The van der Waals surface area contributed by atoms with Gasteiger partial charge in [0.15, 0.2) is 0 Å². The monoisotopic (exact) mass is 322 g/mol. The molecule has 1 N–H and O–H groups in total. The van der Waals surface area contributed by atoms with Gasteiger partial charge in [0.05, 0.1) is 11.6 Å². The van der Waals surface area contributed by atoms with Gasteiger partial charge in [-0.3, -0.25) is 4.79 Å². The lowest BCUT2D eigenvalue weighted by Crippen LogP contribution is -2.32. The van der Waals surface area contributed by atoms with Crippen LogP contribution in [-0.2, 0) is 0 Å². The minimum Gasteiger partial charge on any atom is -0.351 e. The summed E-state index contributed by atoms with van der Waals surface area (Å²) < 4.78 is 0. The highest BCUT2D eigenvalue weighted by molar-refractivity contribution is 9.09. The fraction of sp³-hybridized carbons (Fsp3) is 0.467. The van der Waals surface area contributed by atoms with Crippen LogP contribution in [0.1, 0.15) is 42.6 Å². The van der Waals surface area contributed by atoms with Gasteiger partial charge in [-0.25, -0.2) is 0 Å². The third-order valence-corrected chi connectivity index (χ3v) is 4.37. The first-order valence-corrected chi connectivity index (χ1v) is 7.46. The minimum absolute atomic E-state index is 0.0973. The first-order valence-electron chi connectivity index (χ1n) is 6.54. The molecule has 1 rings (SSSR count). The highest BCUT2D eigenvalue weighted by atomic mass is 79.9. The van der Waals surface area contributed by atoms with Crippen molar-refractivity contribution < 1.29 is 4.79 Å². The number of halogens is 1. The lowest BCUT2D eigenvalue weighted by atomic mass is 9.99. The van der Waals surface area contributed by atoms with Crippen LogP contribution in [0.5, 0.6) is 0 Å². The van der Waals surface area contributed by atoms with Crippen molar-refractivity contribution in [2.75, 3.05) is 6.54 Å². The summed E-state index contributed by atoms with van der Waals surface area (Å²) in [5.74, 6) is 0.473. The standard InChI is InChI=1S/C15H19BrN2O/c1-3-12(4-2)14(16)10-18-15(19)13-7-5-11(9-17)6-8-13/h5-8,12,14H,3-4,10H2,1-2H3,(H,18,19). The molecule has 0 aliphatic carbocycles. The number of nitrogens with one attached hydrogen (secondary N) is 1. The molecular weight excluding hydrogens is 304 g/mol. The van der Waals surface area contributed by atoms with Crippen LogP contribution in [0, 0.1) is 17.2 Å². The van der Waals surface area contributed by atoms with Gasteiger partial charge in [-0.05, 0) is 30.2 Å². The zero-order valence-electron chi connectivity index (χ0n) is 11.3. The summed E-state index contributed by atoms with van der Waals surface area (Å²) >= 11 is 3.63. The van der Waals surface area contributed by atoms with Crippen LogP contribution in [-0.4, -0.2) is 17.3 Å². The van der Waals surface area contributed by atoms with Gasteiger partial charge in [0.25, 0.3) is 5.91 Å². The first kappa shape index (κ1) is 15.7. The van der Waals surface area contributed by atoms with Crippen molar-refractivity contribution in [3.05, 3.63) is 35.4 Å². The van der Waals surface area contributed by atoms with E-state index >= 15 is 0 Å². The van der Waals surface area contributed by atoms with Crippen LogP contribution < -0.4 is 5.32 Å². The number of rotatable bonds is 6. The van der Waals surface area contributed by atoms with Crippen LogP contribution in [0.3, 0.4) is 0 Å². The minimum atomic E-state index is -0.0973. The molecule has 0 saturated carbocycles. The number of nitrogens with zero attached hydrogens (tertiary/aromatic N) is 1. The molecule has 1 aromatic carbocycles. The molecule has 0 fully saturated rings. The van der Waals surface area contributed by atoms with Gasteiger partial charge in [0, 0.05) is 16.9 Å². The third-order valence-electron chi connectivity index (χ3n) is 3.29. The zero-order valence-corrected chi connectivity index (χ0v) is 12.9. The molecule has 0 radical (unpaired) electrons. The van der Waals surface area contributed by atoms with Crippen molar-refractivity contribution in [2.45, 2.75) is 31.5 Å². The average Bonchev–Trinajstić information content (AvgIpc) is 2.46. The van der Waals surface area contributed by atoms with Crippen LogP contribution in [0.2, 0.25) is 0 Å². The summed E-state index contributed by atoms with van der Waals surface area (Å²) in [5.41, 5.74) is 1.15. The molecule has 0 aliphatic heterocycles. The molecule has 1 atom stereocenters. The fourth-order valence-corrected chi connectivity index (χ4v) is 2.86. The van der Waals surface area contributed by atoms with Gasteiger partial charge in [-0.15, -0.1) is 0 Å². The van der Waals surface area contributed by atoms with E-state index in [9.17, 15) is 4.79 Å². The van der Waals surface area contributed by atoms with E-state index in [0.717, 1.165) is 12.8 Å². The zero-order chi connectivity index (χ0) is 14.3. The Kier molecular flexibility index (Phi) is 6.58. The Morgan fingerprint density at radius 1 is 1.32 bits per heavy atom. The average molecular weight is 323 g/mol. The van der Waals surface area contributed by atoms with Gasteiger partial charge in [-0.1, -0.05) is 42.6 Å². The lowest BCUT2D eigenvalue weighted by molar-refractivity contribution is 0.0952. The molecule has 102 valence electrons. The second-order valence-corrected chi connectivity index (χ2v) is 5.67. The maximum absolute atomic E-state index is 11.9. The highest BCUT2D eigenvalue weighted by Crippen LogP contribution is 2.19. The van der Waals surface area contributed by atoms with Crippen molar-refractivity contribution >= 4 is 21.8 Å². The Morgan fingerprint density at radius 2 is 1.89 bits per heavy atom. The quantitative estimate of drug-likeness (QED) is 0.815. The van der Waals surface area contributed by atoms with E-state index in [1.54, 1.807) is 24.3 Å². The van der Waals surface area contributed by atoms with E-state index in [0.29, 0.717) is 28.4 Å². The summed E-state index contributed by atoms with van der Waals surface area (Å²) in [6.45, 7) is 4.93. The largest absolute Gasteiger partial charge is 0.351 e. The number of carbonyl (C=O) groups is 1. The predicted molar refractivity (Wildman–Crippen MR) is 80.3 cm³/mol. The summed E-state index contributed by atoms with van der Waals surface area (Å²) in [5, 5.41) is 11.6. The second-order valence-electron chi connectivity index (χ2n) is 4.49. The second kappa shape index (κ2) is 7.96. The SMILES string of the molecule is CCC(CC)C(Br)CNC(=O)c1ccc(C#N)cc1. The van der Waals surface area contributed by atoms with Crippen molar-refractivity contribution in [1.82, 2.24) is 5.32 Å². The number of alkyl halides is 1. The van der Waals surface area contributed by atoms with Crippen molar-refractivity contribution in [3.63, 3.8) is 0 Å². The van der Waals surface area contributed by atoms with Crippen LogP contribution in [0.4, 0.5) is 0 Å². The van der Waals surface area contributed by atoms with Crippen molar-refractivity contribution in [2.24, 2.45) is 5.92 Å². The topological polar surface area (TPSA) is 52.9 Å². The molecule has 0 bridgehead atoms. The summed E-state index contributed by atoms with van der Waals surface area (Å²) in [4.78, 5) is 12.2. The molecule has 1 aromatic rings. The molecule has 0 spiro atoms. The summed E-state index contributed by atoms with van der Waals surface area (Å²) in [7, 11) is 0. The van der Waals surface area contributed by atoms with Crippen LogP contribution in [0.15, 0.2) is 24.3 Å². The fourth-order valence-electron chi connectivity index (χ4n) is 1.96. The van der Waals surface area contributed by atoms with Gasteiger partial charge in [-0.2, -0.15) is 5.26 Å². The van der Waals surface area contributed by atoms with Crippen molar-refractivity contribution in [1.29, 1.82) is 5.26 Å². The van der Waals surface area contributed by atoms with Crippen LogP contribution in [0.25, 0.3) is 0 Å². The van der Waals surface area contributed by atoms with E-state index in [4.69, 9.17) is 5.26 Å². The first-order chi connectivity index (χ1) is 9.12. The normalized spacial score (nSPS) is 11.9. The highest BCUT2D eigenvalue weighted by Gasteiger charge is 2.16. The molecule has 0 aromatic heterocycles. The maximum Gasteiger partial charge on any atom is 0.251 e. The molecular formula is C15H19BrN2O. The Hall–Kier alpha value is -1.34. The summed E-state index contributed by atoms with van der Waals surface area (Å²) in [6.07, 6.45) is 2.19. The van der Waals surface area contributed by atoms with Gasteiger partial charge < -0.3 is 5.32 Å². The lowest BCUT2D eigenvalue weighted by Gasteiger charge is -2.19. The number of hydrogen-bond donors (Lipinski definition) is 1. The van der Waals surface area contributed by atoms with E-state index < -0.39 is 0 Å². The molecule has 19 heavy (non-hydrogen) atoms. The Bertz CT molecular complexity index is 446. The molecule has 0 saturated heterocycles. The number of carbonyl (C=O) groups excluding carboxylic acids is 1. The molecule has 4 heteroatoms. The summed E-state index contributed by atoms with van der Waals surface area (Å²) in [6, 6.07) is 8.69. The Labute approximate surface area is 123 Å². The van der Waals surface area contributed by atoms with Crippen molar-refractivity contribution in [3.8, 4) is 6.07 Å². The number of hydrogen-bond acceptors (Lipinski definition) is 2.